The second-order valence-electron chi connectivity index (χ2n) is 7.29. The molecule has 1 heterocycles. The summed E-state index contributed by atoms with van der Waals surface area (Å²) in [7, 11) is 3.16. The van der Waals surface area contributed by atoms with E-state index in [1.807, 2.05) is 0 Å². The third-order valence-electron chi connectivity index (χ3n) is 4.46. The molecular weight excluding hydrogens is 334 g/mol. The average Bonchev–Trinajstić information content (AvgIpc) is 2.79. The van der Waals surface area contributed by atoms with Crippen LogP contribution in [0.25, 0.3) is 0 Å². The van der Waals surface area contributed by atoms with E-state index in [1.54, 1.807) is 45.3 Å². The number of imide groups is 1. The van der Waals surface area contributed by atoms with Gasteiger partial charge in [0.05, 0.1) is 6.61 Å². The maximum absolute atomic E-state index is 12.8. The Morgan fingerprint density at radius 3 is 2.38 bits per heavy atom. The number of nitrogens with zero attached hydrogens (tertiary/aromatic N) is 2. The molecule has 0 spiro atoms. The zero-order valence-corrected chi connectivity index (χ0v) is 16.0. The van der Waals surface area contributed by atoms with Gasteiger partial charge in [-0.2, -0.15) is 0 Å². The van der Waals surface area contributed by atoms with E-state index in [-0.39, 0.29) is 12.5 Å². The average molecular weight is 361 g/mol. The molecule has 1 aromatic rings. The summed E-state index contributed by atoms with van der Waals surface area (Å²) < 4.78 is 5.68. The lowest BCUT2D eigenvalue weighted by atomic mass is 9.92. The summed E-state index contributed by atoms with van der Waals surface area (Å²) >= 11 is 0. The van der Waals surface area contributed by atoms with E-state index < -0.39 is 17.5 Å². The minimum Gasteiger partial charge on any atom is -0.494 e. The van der Waals surface area contributed by atoms with Crippen molar-refractivity contribution in [3.63, 3.8) is 0 Å². The number of rotatable bonds is 7. The molecule has 26 heavy (non-hydrogen) atoms. The highest BCUT2D eigenvalue weighted by molar-refractivity contribution is 6.09. The van der Waals surface area contributed by atoms with Crippen molar-refractivity contribution in [2.45, 2.75) is 32.7 Å². The largest absolute Gasteiger partial charge is 0.494 e. The number of ether oxygens (including phenoxy) is 1. The van der Waals surface area contributed by atoms with Gasteiger partial charge in [0.2, 0.25) is 5.91 Å². The van der Waals surface area contributed by atoms with E-state index in [4.69, 9.17) is 4.74 Å². The van der Waals surface area contributed by atoms with E-state index in [0.717, 1.165) is 17.1 Å². The van der Waals surface area contributed by atoms with Crippen LogP contribution in [0.1, 0.15) is 32.8 Å². The minimum absolute atomic E-state index is 0.274. The van der Waals surface area contributed by atoms with E-state index in [0.29, 0.717) is 18.1 Å². The summed E-state index contributed by atoms with van der Waals surface area (Å²) in [4.78, 5) is 39.1. The van der Waals surface area contributed by atoms with Crippen molar-refractivity contribution in [1.82, 2.24) is 15.1 Å². The molecular formula is C19H27N3O4. The standard InChI is InChI=1S/C19H27N3O4/c1-13(2)10-11-26-15-8-6-14(7-9-15)19(3)17(24)22(18(25)20-19)12-16(23)21(4)5/h6-9,13H,10-12H2,1-5H3,(H,20,25)/t19-/m0/s1. The molecule has 2 rings (SSSR count). The van der Waals surface area contributed by atoms with Crippen LogP contribution in [-0.2, 0) is 15.1 Å². The molecule has 1 saturated heterocycles. The van der Waals surface area contributed by atoms with Gasteiger partial charge in [-0.25, -0.2) is 4.79 Å². The molecule has 142 valence electrons. The van der Waals surface area contributed by atoms with Crippen LogP contribution in [0.3, 0.4) is 0 Å². The molecule has 1 fully saturated rings. The number of urea groups is 1. The van der Waals surface area contributed by atoms with Crippen LogP contribution in [-0.4, -0.2) is 54.9 Å². The van der Waals surface area contributed by atoms with E-state index in [2.05, 4.69) is 19.2 Å². The van der Waals surface area contributed by atoms with Crippen molar-refractivity contribution in [2.24, 2.45) is 5.92 Å². The molecule has 0 aromatic heterocycles. The minimum atomic E-state index is -1.19. The Labute approximate surface area is 154 Å². The Morgan fingerprint density at radius 1 is 1.23 bits per heavy atom. The van der Waals surface area contributed by atoms with Crippen molar-refractivity contribution in [1.29, 1.82) is 0 Å². The lowest BCUT2D eigenvalue weighted by molar-refractivity contribution is -0.137. The normalized spacial score (nSPS) is 19.7. The highest BCUT2D eigenvalue weighted by Crippen LogP contribution is 2.30. The Bertz CT molecular complexity index is 685. The molecule has 0 radical (unpaired) electrons. The van der Waals surface area contributed by atoms with E-state index in [9.17, 15) is 14.4 Å². The number of benzene rings is 1. The summed E-state index contributed by atoms with van der Waals surface area (Å²) in [6, 6.07) is 6.53. The summed E-state index contributed by atoms with van der Waals surface area (Å²) in [6.45, 7) is 6.26. The second kappa shape index (κ2) is 7.76. The van der Waals surface area contributed by atoms with Gasteiger partial charge in [-0.3, -0.25) is 14.5 Å². The van der Waals surface area contributed by atoms with Crippen LogP contribution in [0.4, 0.5) is 4.79 Å². The van der Waals surface area contributed by atoms with Gasteiger partial charge in [0.1, 0.15) is 17.8 Å². The Kier molecular flexibility index (Phi) is 5.90. The van der Waals surface area contributed by atoms with Crippen LogP contribution in [0, 0.1) is 5.92 Å². The van der Waals surface area contributed by atoms with Crippen LogP contribution in [0.5, 0.6) is 5.75 Å². The first-order valence-electron chi connectivity index (χ1n) is 8.72. The van der Waals surface area contributed by atoms with Gasteiger partial charge in [-0.05, 0) is 37.0 Å². The fraction of sp³-hybridized carbons (Fsp3) is 0.526. The molecule has 0 unspecified atom stereocenters. The van der Waals surface area contributed by atoms with Crippen LogP contribution < -0.4 is 10.1 Å². The zero-order valence-electron chi connectivity index (χ0n) is 16.0. The number of hydrogen-bond donors (Lipinski definition) is 1. The monoisotopic (exact) mass is 361 g/mol. The zero-order chi connectivity index (χ0) is 19.5. The van der Waals surface area contributed by atoms with Crippen molar-refractivity contribution in [3.05, 3.63) is 29.8 Å². The topological polar surface area (TPSA) is 79.0 Å². The number of nitrogens with one attached hydrogen (secondary N) is 1. The number of amides is 4. The molecule has 1 aromatic carbocycles. The first-order chi connectivity index (χ1) is 12.1. The molecule has 1 atom stereocenters. The Balaban J connectivity index is 2.11. The Morgan fingerprint density at radius 2 is 1.85 bits per heavy atom. The van der Waals surface area contributed by atoms with Crippen LogP contribution in [0.2, 0.25) is 0 Å². The third kappa shape index (κ3) is 4.15. The molecule has 1 aliphatic rings. The molecule has 0 aliphatic carbocycles. The number of likely N-dealkylation sites (N-methyl/N-ethyl adjacent to an activating group) is 1. The van der Waals surface area contributed by atoms with Crippen LogP contribution in [0.15, 0.2) is 24.3 Å². The smallest absolute Gasteiger partial charge is 0.325 e. The fourth-order valence-electron chi connectivity index (χ4n) is 2.61. The number of carbonyl (C=O) groups is 3. The summed E-state index contributed by atoms with van der Waals surface area (Å²) in [5.41, 5.74) is -0.549. The predicted molar refractivity (Wildman–Crippen MR) is 97.7 cm³/mol. The molecule has 1 N–H and O–H groups in total. The third-order valence-corrected chi connectivity index (χ3v) is 4.46. The van der Waals surface area contributed by atoms with Gasteiger partial charge >= 0.3 is 6.03 Å². The SMILES string of the molecule is CC(C)CCOc1ccc([C@]2(C)NC(=O)N(CC(=O)N(C)C)C2=O)cc1. The van der Waals surface area contributed by atoms with Crippen molar-refractivity contribution < 1.29 is 19.1 Å². The molecule has 0 saturated carbocycles. The highest BCUT2D eigenvalue weighted by atomic mass is 16.5. The van der Waals surface area contributed by atoms with E-state index >= 15 is 0 Å². The van der Waals surface area contributed by atoms with Gasteiger partial charge in [0.25, 0.3) is 5.91 Å². The summed E-state index contributed by atoms with van der Waals surface area (Å²) in [6.07, 6.45) is 0.961. The molecule has 1 aliphatic heterocycles. The molecule has 7 nitrogen and oxygen atoms in total. The van der Waals surface area contributed by atoms with Gasteiger partial charge in [-0.15, -0.1) is 0 Å². The highest BCUT2D eigenvalue weighted by Gasteiger charge is 2.49. The van der Waals surface area contributed by atoms with E-state index in [1.165, 1.54) is 4.90 Å². The quantitative estimate of drug-likeness (QED) is 0.753. The fourth-order valence-corrected chi connectivity index (χ4v) is 2.61. The van der Waals surface area contributed by atoms with Crippen LogP contribution >= 0.6 is 0 Å². The van der Waals surface area contributed by atoms with Gasteiger partial charge < -0.3 is 15.0 Å². The summed E-state index contributed by atoms with van der Waals surface area (Å²) in [5, 5.41) is 2.69. The second-order valence-corrected chi connectivity index (χ2v) is 7.29. The van der Waals surface area contributed by atoms with Crippen molar-refractivity contribution in [2.75, 3.05) is 27.2 Å². The van der Waals surface area contributed by atoms with Gasteiger partial charge in [0.15, 0.2) is 0 Å². The Hall–Kier alpha value is -2.57. The van der Waals surface area contributed by atoms with Gasteiger partial charge in [-0.1, -0.05) is 26.0 Å². The summed E-state index contributed by atoms with van der Waals surface area (Å²) in [5.74, 6) is 0.530. The maximum atomic E-state index is 12.8. The maximum Gasteiger partial charge on any atom is 0.325 e. The van der Waals surface area contributed by atoms with Crippen molar-refractivity contribution >= 4 is 17.8 Å². The number of carbonyl (C=O) groups excluding carboxylic acids is 3. The lowest BCUT2D eigenvalue weighted by Crippen LogP contribution is -2.43. The first-order valence-corrected chi connectivity index (χ1v) is 8.72. The molecule has 7 heteroatoms. The van der Waals surface area contributed by atoms with Gasteiger partial charge in [0, 0.05) is 14.1 Å². The first kappa shape index (κ1) is 19.8. The molecule has 0 bridgehead atoms. The number of hydrogen-bond acceptors (Lipinski definition) is 4. The van der Waals surface area contributed by atoms with Crippen molar-refractivity contribution in [3.8, 4) is 5.75 Å². The lowest BCUT2D eigenvalue weighted by Gasteiger charge is -2.23. The molecule has 4 amide bonds. The predicted octanol–water partition coefficient (Wildman–Crippen LogP) is 1.97.